The zero-order valence-corrected chi connectivity index (χ0v) is 12.8. The van der Waals surface area contributed by atoms with Gasteiger partial charge in [0.15, 0.2) is 0 Å². The highest BCUT2D eigenvalue weighted by Crippen LogP contribution is 2.48. The number of nitrogens with two attached hydrogens (primary N) is 1. The predicted octanol–water partition coefficient (Wildman–Crippen LogP) is 3.92. The number of alkyl halides is 3. The fraction of sp³-hybridized carbons (Fsp3) is 0.688. The summed E-state index contributed by atoms with van der Waals surface area (Å²) in [5, 5.41) is 0. The van der Waals surface area contributed by atoms with Crippen molar-refractivity contribution < 1.29 is 17.9 Å². The Hall–Kier alpha value is -1.30. The molecule has 1 spiro atoms. The lowest BCUT2D eigenvalue weighted by Gasteiger charge is -2.46. The molecule has 3 rings (SSSR count). The topological polar surface area (TPSA) is 48.1 Å². The molecular formula is C16H21F3N2O. The maximum atomic E-state index is 13.0. The molecular weight excluding hydrogens is 293 g/mol. The van der Waals surface area contributed by atoms with Gasteiger partial charge in [-0.2, -0.15) is 13.2 Å². The molecule has 1 aliphatic carbocycles. The maximum Gasteiger partial charge on any atom is 0.394 e. The van der Waals surface area contributed by atoms with Crippen LogP contribution in [0.4, 0.5) is 13.2 Å². The number of hydrogen-bond donors (Lipinski definition) is 1. The SMILES string of the molecule is CC(C)(Cc1cnc2c(c1)[C@@H](N)CC1(CCC1)O2)C(F)(F)F. The minimum absolute atomic E-state index is 0.116. The number of ether oxygens (including phenoxy) is 1. The van der Waals surface area contributed by atoms with Gasteiger partial charge in [-0.15, -0.1) is 0 Å². The molecule has 0 saturated heterocycles. The normalized spacial score (nSPS) is 23.6. The molecule has 3 nitrogen and oxygen atoms in total. The van der Waals surface area contributed by atoms with Gasteiger partial charge in [-0.3, -0.25) is 0 Å². The van der Waals surface area contributed by atoms with E-state index in [1.807, 2.05) is 0 Å². The highest BCUT2D eigenvalue weighted by molar-refractivity contribution is 5.36. The van der Waals surface area contributed by atoms with Crippen molar-refractivity contribution in [3.8, 4) is 5.88 Å². The van der Waals surface area contributed by atoms with Crippen LogP contribution in [0.5, 0.6) is 5.88 Å². The van der Waals surface area contributed by atoms with Crippen molar-refractivity contribution in [3.05, 3.63) is 23.4 Å². The second-order valence-corrected chi connectivity index (χ2v) is 7.25. The van der Waals surface area contributed by atoms with Crippen LogP contribution in [0.2, 0.25) is 0 Å². The summed E-state index contributed by atoms with van der Waals surface area (Å²) in [5.74, 6) is 0.493. The lowest BCUT2D eigenvalue weighted by Crippen LogP contribution is -2.48. The van der Waals surface area contributed by atoms with E-state index in [4.69, 9.17) is 10.5 Å². The number of nitrogens with zero attached hydrogens (tertiary/aromatic N) is 1. The number of aromatic nitrogens is 1. The average Bonchev–Trinajstić information content (AvgIpc) is 2.35. The van der Waals surface area contributed by atoms with Gasteiger partial charge in [-0.1, -0.05) is 13.8 Å². The molecule has 0 bridgehead atoms. The van der Waals surface area contributed by atoms with Crippen LogP contribution in [0.3, 0.4) is 0 Å². The van der Waals surface area contributed by atoms with E-state index in [0.717, 1.165) is 24.8 Å². The van der Waals surface area contributed by atoms with Crippen molar-refractivity contribution in [2.75, 3.05) is 0 Å². The van der Waals surface area contributed by atoms with Gasteiger partial charge in [-0.05, 0) is 37.3 Å². The van der Waals surface area contributed by atoms with Gasteiger partial charge < -0.3 is 10.5 Å². The van der Waals surface area contributed by atoms with Crippen LogP contribution in [-0.4, -0.2) is 16.8 Å². The minimum Gasteiger partial charge on any atom is -0.471 e. The fourth-order valence-electron chi connectivity index (χ4n) is 3.21. The second kappa shape index (κ2) is 4.85. The zero-order chi connectivity index (χ0) is 16.2. The molecule has 6 heteroatoms. The first kappa shape index (κ1) is 15.6. The largest absolute Gasteiger partial charge is 0.471 e. The summed E-state index contributed by atoms with van der Waals surface area (Å²) in [5.41, 5.74) is 5.50. The Kier molecular flexibility index (Phi) is 3.43. The van der Waals surface area contributed by atoms with Crippen LogP contribution in [0.15, 0.2) is 12.3 Å². The number of pyridine rings is 1. The molecule has 22 heavy (non-hydrogen) atoms. The molecule has 2 heterocycles. The van der Waals surface area contributed by atoms with E-state index < -0.39 is 11.6 Å². The maximum absolute atomic E-state index is 13.0. The quantitative estimate of drug-likeness (QED) is 0.900. The molecule has 0 aromatic carbocycles. The van der Waals surface area contributed by atoms with E-state index in [1.165, 1.54) is 20.0 Å². The molecule has 1 fully saturated rings. The van der Waals surface area contributed by atoms with Gasteiger partial charge in [-0.25, -0.2) is 4.98 Å². The van der Waals surface area contributed by atoms with Crippen LogP contribution in [0, 0.1) is 5.41 Å². The predicted molar refractivity (Wildman–Crippen MR) is 76.5 cm³/mol. The molecule has 1 aromatic heterocycles. The molecule has 1 aromatic rings. The van der Waals surface area contributed by atoms with Gasteiger partial charge in [0, 0.05) is 24.2 Å². The van der Waals surface area contributed by atoms with Crippen LogP contribution >= 0.6 is 0 Å². The van der Waals surface area contributed by atoms with Gasteiger partial charge in [0.1, 0.15) is 5.60 Å². The Morgan fingerprint density at radius 2 is 2.05 bits per heavy atom. The summed E-state index contributed by atoms with van der Waals surface area (Å²) in [6.07, 6.45) is 0.909. The van der Waals surface area contributed by atoms with Crippen molar-refractivity contribution in [1.29, 1.82) is 0 Å². The summed E-state index contributed by atoms with van der Waals surface area (Å²) < 4.78 is 45.0. The Labute approximate surface area is 128 Å². The Morgan fingerprint density at radius 1 is 1.36 bits per heavy atom. The molecule has 1 saturated carbocycles. The van der Waals surface area contributed by atoms with E-state index in [1.54, 1.807) is 6.07 Å². The molecule has 2 N–H and O–H groups in total. The van der Waals surface area contributed by atoms with E-state index in [-0.39, 0.29) is 18.1 Å². The van der Waals surface area contributed by atoms with E-state index >= 15 is 0 Å². The molecule has 1 aliphatic heterocycles. The molecule has 0 amide bonds. The van der Waals surface area contributed by atoms with Crippen molar-refractivity contribution >= 4 is 0 Å². The average molecular weight is 314 g/mol. The third-order valence-electron chi connectivity index (χ3n) is 4.92. The first-order valence-electron chi connectivity index (χ1n) is 7.62. The molecule has 0 unspecified atom stereocenters. The van der Waals surface area contributed by atoms with Crippen LogP contribution < -0.4 is 10.5 Å². The monoisotopic (exact) mass is 314 g/mol. The van der Waals surface area contributed by atoms with Crippen LogP contribution in [-0.2, 0) is 6.42 Å². The second-order valence-electron chi connectivity index (χ2n) is 7.25. The first-order valence-corrected chi connectivity index (χ1v) is 7.62. The van der Waals surface area contributed by atoms with Gasteiger partial charge in [0.25, 0.3) is 0 Å². The summed E-state index contributed by atoms with van der Waals surface area (Å²) >= 11 is 0. The van der Waals surface area contributed by atoms with Crippen molar-refractivity contribution in [1.82, 2.24) is 4.98 Å². The van der Waals surface area contributed by atoms with E-state index in [0.29, 0.717) is 17.9 Å². The number of rotatable bonds is 2. The molecule has 122 valence electrons. The summed E-state index contributed by atoms with van der Waals surface area (Å²) in [7, 11) is 0. The minimum atomic E-state index is -4.25. The molecule has 0 radical (unpaired) electrons. The van der Waals surface area contributed by atoms with E-state index in [2.05, 4.69) is 4.98 Å². The highest BCUT2D eigenvalue weighted by atomic mass is 19.4. The van der Waals surface area contributed by atoms with Crippen molar-refractivity contribution in [2.24, 2.45) is 11.1 Å². The lowest BCUT2D eigenvalue weighted by molar-refractivity contribution is -0.211. The van der Waals surface area contributed by atoms with Crippen LogP contribution in [0.25, 0.3) is 0 Å². The third kappa shape index (κ3) is 2.57. The highest BCUT2D eigenvalue weighted by Gasteiger charge is 2.48. The smallest absolute Gasteiger partial charge is 0.394 e. The summed E-state index contributed by atoms with van der Waals surface area (Å²) in [6, 6.07) is 1.51. The zero-order valence-electron chi connectivity index (χ0n) is 12.8. The Balaban J connectivity index is 1.84. The third-order valence-corrected chi connectivity index (χ3v) is 4.92. The van der Waals surface area contributed by atoms with Crippen LogP contribution in [0.1, 0.15) is 56.7 Å². The Bertz CT molecular complexity index is 579. The number of hydrogen-bond acceptors (Lipinski definition) is 3. The first-order chi connectivity index (χ1) is 10.1. The summed E-state index contributed by atoms with van der Waals surface area (Å²) in [6.45, 7) is 2.40. The summed E-state index contributed by atoms with van der Waals surface area (Å²) in [4.78, 5) is 4.24. The molecule has 1 atom stereocenters. The number of halogens is 3. The van der Waals surface area contributed by atoms with Gasteiger partial charge in [0.05, 0.1) is 5.41 Å². The van der Waals surface area contributed by atoms with Gasteiger partial charge in [0.2, 0.25) is 5.88 Å². The number of fused-ring (bicyclic) bond motifs is 1. The standard InChI is InChI=1S/C16H21F3N2O/c1-14(2,16(17,18)19)7-10-6-11-12(20)8-15(4-3-5-15)22-13(11)21-9-10/h6,9,12H,3-5,7-8,20H2,1-2H3/t12-/m0/s1. The Morgan fingerprint density at radius 3 is 2.59 bits per heavy atom. The van der Waals surface area contributed by atoms with Gasteiger partial charge >= 0.3 is 6.18 Å². The lowest BCUT2D eigenvalue weighted by atomic mass is 9.73. The van der Waals surface area contributed by atoms with E-state index in [9.17, 15) is 13.2 Å². The van der Waals surface area contributed by atoms with Crippen molar-refractivity contribution in [2.45, 2.75) is 63.8 Å². The fourth-order valence-corrected chi connectivity index (χ4v) is 3.21. The molecule has 2 aliphatic rings. The van der Waals surface area contributed by atoms with Crippen molar-refractivity contribution in [3.63, 3.8) is 0 Å².